The molecule has 7 aromatic rings. The predicted molar refractivity (Wildman–Crippen MR) is 244 cm³/mol. The third kappa shape index (κ3) is 8.40. The van der Waals surface area contributed by atoms with Gasteiger partial charge in [-0.05, 0) is 72.6 Å². The average molecular weight is 885 g/mol. The van der Waals surface area contributed by atoms with Crippen molar-refractivity contribution in [1.82, 2.24) is 40.4 Å². The number of carbonyl (C=O) groups is 4. The molecule has 4 atom stereocenters. The van der Waals surface area contributed by atoms with E-state index in [0.29, 0.717) is 18.7 Å². The minimum Gasteiger partial charge on any atom is -0.453 e. The van der Waals surface area contributed by atoms with Gasteiger partial charge in [0.1, 0.15) is 23.7 Å². The minimum atomic E-state index is -0.878. The lowest BCUT2D eigenvalue weighted by atomic mass is 10.0. The van der Waals surface area contributed by atoms with E-state index in [9.17, 15) is 19.2 Å². The second-order valence-corrected chi connectivity index (χ2v) is 18.4. The molecule has 16 heteroatoms. The number of nitrogens with one attached hydrogen (secondary N) is 4. The fraction of sp³-hybridized carbons (Fsp3) is 0.319. The zero-order chi connectivity index (χ0) is 43.8. The van der Waals surface area contributed by atoms with Gasteiger partial charge in [0.25, 0.3) is 5.91 Å². The Morgan fingerprint density at radius 1 is 0.714 bits per heavy atom. The van der Waals surface area contributed by atoms with Crippen LogP contribution in [-0.4, -0.2) is 87.1 Å². The van der Waals surface area contributed by atoms with Crippen molar-refractivity contribution < 1.29 is 28.7 Å². The maximum Gasteiger partial charge on any atom is 0.407 e. The Balaban J connectivity index is 0.879. The van der Waals surface area contributed by atoms with Crippen LogP contribution in [0.4, 0.5) is 9.59 Å². The van der Waals surface area contributed by atoms with Gasteiger partial charge < -0.3 is 39.9 Å². The van der Waals surface area contributed by atoms with Crippen molar-refractivity contribution in [3.63, 3.8) is 0 Å². The molecule has 0 bridgehead atoms. The van der Waals surface area contributed by atoms with E-state index in [1.54, 1.807) is 22.7 Å². The van der Waals surface area contributed by atoms with E-state index in [2.05, 4.69) is 69.1 Å². The van der Waals surface area contributed by atoms with Crippen molar-refractivity contribution in [1.29, 1.82) is 0 Å². The first-order chi connectivity index (χ1) is 30.6. The van der Waals surface area contributed by atoms with E-state index in [-0.39, 0.29) is 29.8 Å². The topological polar surface area (TPSA) is 175 Å². The first-order valence-corrected chi connectivity index (χ1v) is 22.8. The van der Waals surface area contributed by atoms with Crippen LogP contribution < -0.4 is 10.6 Å². The van der Waals surface area contributed by atoms with Crippen molar-refractivity contribution in [2.75, 3.05) is 27.3 Å². The van der Waals surface area contributed by atoms with E-state index in [0.717, 1.165) is 75.6 Å². The third-order valence-corrected chi connectivity index (χ3v) is 14.4. The molecule has 324 valence electrons. The number of carbonyl (C=O) groups excluding carboxylic acids is 4. The smallest absolute Gasteiger partial charge is 0.407 e. The SMILES string of the molecule is COC(=O)N[C@H](C(=O)N1CCC[C@H]1c1nc(-c2ccc(-c3cc4sc(-c5ccc6nc(C7CCCN7C(=O)[C@H](NC(=O)OC)c7ccccc7)[nH]c6c5)cc4s3)cc2)c[nH]1)C(C)C. The molecular formula is C47H48N8O6S2. The highest BCUT2D eigenvalue weighted by Gasteiger charge is 2.39. The molecule has 2 saturated heterocycles. The minimum absolute atomic E-state index is 0.103. The van der Waals surface area contributed by atoms with Crippen LogP contribution >= 0.6 is 22.7 Å². The summed E-state index contributed by atoms with van der Waals surface area (Å²) in [6, 6.07) is 26.3. The van der Waals surface area contributed by atoms with Gasteiger partial charge in [-0.15, -0.1) is 22.7 Å². The number of imidazole rings is 2. The summed E-state index contributed by atoms with van der Waals surface area (Å²) in [5, 5.41) is 5.44. The monoisotopic (exact) mass is 884 g/mol. The Hall–Kier alpha value is -6.52. The number of ether oxygens (including phenoxy) is 2. The highest BCUT2D eigenvalue weighted by atomic mass is 32.1. The van der Waals surface area contributed by atoms with E-state index >= 15 is 0 Å². The molecule has 0 radical (unpaired) electrons. The first-order valence-electron chi connectivity index (χ1n) is 21.1. The Labute approximate surface area is 372 Å². The maximum atomic E-state index is 14.0. The second kappa shape index (κ2) is 17.7. The van der Waals surface area contributed by atoms with Gasteiger partial charge in [0.2, 0.25) is 5.91 Å². The van der Waals surface area contributed by atoms with Crippen LogP contribution in [0.1, 0.15) is 74.9 Å². The summed E-state index contributed by atoms with van der Waals surface area (Å²) in [4.78, 5) is 74.5. The van der Waals surface area contributed by atoms with Crippen LogP contribution in [0.5, 0.6) is 0 Å². The van der Waals surface area contributed by atoms with Crippen LogP contribution in [0.3, 0.4) is 0 Å². The number of methoxy groups -OCH3 is 2. The fourth-order valence-electron chi connectivity index (χ4n) is 8.70. The molecule has 4 amide bonds. The molecule has 6 heterocycles. The largest absolute Gasteiger partial charge is 0.453 e. The standard InChI is InChI=1S/C47H48N8O6S2/c1-26(2)40(52-46(58)60-3)44(56)54-20-8-12-34(54)42-48-25-33(51-42)27-14-16-28(17-15-27)36-23-38-39(62-36)24-37(63-38)30-18-19-31-32(22-30)50-43(49-31)35-13-9-21-55(35)45(57)41(53-47(59)61-4)29-10-6-5-7-11-29/h5-7,10-11,14-19,22-26,34-35,40-41H,8-9,12-13,20-21H2,1-4H3,(H,48,51)(H,49,50)(H,52,58)(H,53,59)/t34-,35?,40-,41+/m0/s1. The lowest BCUT2D eigenvalue weighted by Gasteiger charge is -2.29. The number of amides is 4. The Morgan fingerprint density at radius 2 is 1.32 bits per heavy atom. The lowest BCUT2D eigenvalue weighted by Crippen LogP contribution is -2.51. The van der Waals surface area contributed by atoms with Crippen molar-refractivity contribution in [3.05, 3.63) is 108 Å². The van der Waals surface area contributed by atoms with Crippen LogP contribution in [-0.2, 0) is 19.1 Å². The van der Waals surface area contributed by atoms with Crippen LogP contribution in [0.2, 0.25) is 0 Å². The van der Waals surface area contributed by atoms with Gasteiger partial charge in [-0.3, -0.25) is 9.59 Å². The van der Waals surface area contributed by atoms with Gasteiger partial charge in [-0.2, -0.15) is 0 Å². The second-order valence-electron chi connectivity index (χ2n) is 16.3. The Bertz CT molecular complexity index is 2760. The Kier molecular flexibility index (Phi) is 11.7. The van der Waals surface area contributed by atoms with Crippen LogP contribution in [0.15, 0.2) is 91.1 Å². The van der Waals surface area contributed by atoms with Gasteiger partial charge in [-0.1, -0.05) is 74.5 Å². The van der Waals surface area contributed by atoms with Gasteiger partial charge in [0.05, 0.1) is 43.0 Å². The molecule has 4 aromatic heterocycles. The van der Waals surface area contributed by atoms with Crippen molar-refractivity contribution in [2.24, 2.45) is 5.92 Å². The average Bonchev–Trinajstić information content (AvgIpc) is 4.16. The summed E-state index contributed by atoms with van der Waals surface area (Å²) in [5.41, 5.74) is 6.41. The summed E-state index contributed by atoms with van der Waals surface area (Å²) >= 11 is 3.51. The number of rotatable bonds is 11. The molecular weight excluding hydrogens is 837 g/mol. The molecule has 2 aliphatic heterocycles. The first kappa shape index (κ1) is 41.8. The summed E-state index contributed by atoms with van der Waals surface area (Å²) in [7, 11) is 2.58. The maximum absolute atomic E-state index is 14.0. The molecule has 4 N–H and O–H groups in total. The molecule has 3 aromatic carbocycles. The molecule has 0 spiro atoms. The van der Waals surface area contributed by atoms with Gasteiger partial charge in [0.15, 0.2) is 0 Å². The molecule has 9 rings (SSSR count). The molecule has 2 aliphatic rings. The lowest BCUT2D eigenvalue weighted by molar-refractivity contribution is -0.135. The van der Waals surface area contributed by atoms with Crippen LogP contribution in [0.25, 0.3) is 52.6 Å². The number of thiophene rings is 2. The number of benzene rings is 3. The number of likely N-dealkylation sites (tertiary alicyclic amines) is 2. The zero-order valence-electron chi connectivity index (χ0n) is 35.3. The summed E-state index contributed by atoms with van der Waals surface area (Å²) in [6.07, 6.45) is 3.83. The predicted octanol–water partition coefficient (Wildman–Crippen LogP) is 9.37. The molecule has 1 unspecified atom stereocenters. The fourth-order valence-corrected chi connectivity index (χ4v) is 11.1. The summed E-state index contributed by atoms with van der Waals surface area (Å²) < 4.78 is 12.0. The van der Waals surface area contributed by atoms with Gasteiger partial charge >= 0.3 is 12.2 Å². The van der Waals surface area contributed by atoms with Crippen LogP contribution in [0, 0.1) is 5.92 Å². The molecule has 63 heavy (non-hydrogen) atoms. The number of hydrogen-bond acceptors (Lipinski definition) is 10. The van der Waals surface area contributed by atoms with Crippen molar-refractivity contribution in [2.45, 2.75) is 63.7 Å². The number of aromatic nitrogens is 4. The number of fused-ring (bicyclic) bond motifs is 2. The number of alkyl carbamates (subject to hydrolysis) is 2. The molecule has 2 fully saturated rings. The van der Waals surface area contributed by atoms with Crippen molar-refractivity contribution in [3.8, 4) is 32.1 Å². The normalized spacial score (nSPS) is 17.3. The number of hydrogen-bond donors (Lipinski definition) is 4. The quantitative estimate of drug-likeness (QED) is 0.0994. The van der Waals surface area contributed by atoms with E-state index in [1.165, 1.54) is 28.5 Å². The molecule has 0 saturated carbocycles. The third-order valence-electron chi connectivity index (χ3n) is 12.0. The molecule has 14 nitrogen and oxygen atoms in total. The van der Waals surface area contributed by atoms with Gasteiger partial charge in [-0.25, -0.2) is 19.6 Å². The number of nitrogens with zero attached hydrogens (tertiary/aromatic N) is 4. The van der Waals surface area contributed by atoms with E-state index < -0.39 is 24.3 Å². The number of H-pyrrole nitrogens is 2. The van der Waals surface area contributed by atoms with E-state index in [1.807, 2.05) is 66.2 Å². The highest BCUT2D eigenvalue weighted by molar-refractivity contribution is 7.31. The van der Waals surface area contributed by atoms with E-state index in [4.69, 9.17) is 19.4 Å². The highest BCUT2D eigenvalue weighted by Crippen LogP contribution is 2.43. The van der Waals surface area contributed by atoms with Gasteiger partial charge in [0, 0.05) is 44.0 Å². The molecule has 0 aliphatic carbocycles. The number of aromatic amines is 2. The zero-order valence-corrected chi connectivity index (χ0v) is 37.0. The summed E-state index contributed by atoms with van der Waals surface area (Å²) in [5.74, 6) is 1.02. The summed E-state index contributed by atoms with van der Waals surface area (Å²) in [6.45, 7) is 4.97. The Morgan fingerprint density at radius 3 is 1.98 bits per heavy atom. The van der Waals surface area contributed by atoms with Crippen molar-refractivity contribution >= 4 is 67.1 Å².